The van der Waals surface area contributed by atoms with Crippen LogP contribution in [-0.4, -0.2) is 59.0 Å². The summed E-state index contributed by atoms with van der Waals surface area (Å²) in [5.41, 5.74) is 1.00. The fourth-order valence-corrected chi connectivity index (χ4v) is 4.03. The minimum Gasteiger partial charge on any atom is -0.348 e. The summed E-state index contributed by atoms with van der Waals surface area (Å²) in [6.45, 7) is 6.30. The Morgan fingerprint density at radius 2 is 1.82 bits per heavy atom. The molecule has 2 aromatic rings. The van der Waals surface area contributed by atoms with Crippen molar-refractivity contribution < 1.29 is 22.8 Å². The predicted octanol–water partition coefficient (Wildman–Crippen LogP) is 2.94. The van der Waals surface area contributed by atoms with Crippen LogP contribution in [0.5, 0.6) is 0 Å². The van der Waals surface area contributed by atoms with Crippen LogP contribution in [0.1, 0.15) is 19.5 Å². The largest absolute Gasteiger partial charge is 0.348 e. The van der Waals surface area contributed by atoms with E-state index in [-0.39, 0.29) is 29.6 Å². The highest BCUT2D eigenvalue weighted by Crippen LogP contribution is 2.34. The number of hydrogen-bond donors (Lipinski definition) is 3. The van der Waals surface area contributed by atoms with Gasteiger partial charge in [0.1, 0.15) is 11.7 Å². The van der Waals surface area contributed by atoms with Crippen molar-refractivity contribution in [3.05, 3.63) is 35.3 Å². The molecular formula is C21H24F3N7O2. The van der Waals surface area contributed by atoms with Gasteiger partial charge in [-0.1, -0.05) is 13.8 Å². The Kier molecular flexibility index (Phi) is 5.76. The fraction of sp³-hybridized carbons (Fsp3) is 0.429. The monoisotopic (exact) mass is 463 g/mol. The lowest BCUT2D eigenvalue weighted by Gasteiger charge is -2.40. The van der Waals surface area contributed by atoms with Crippen LogP contribution in [0.2, 0.25) is 0 Å². The molecule has 1 aromatic heterocycles. The van der Waals surface area contributed by atoms with Gasteiger partial charge in [-0.25, -0.2) is 22.9 Å². The second-order valence-corrected chi connectivity index (χ2v) is 8.55. The van der Waals surface area contributed by atoms with E-state index in [0.29, 0.717) is 36.2 Å². The van der Waals surface area contributed by atoms with Gasteiger partial charge in [-0.3, -0.25) is 4.79 Å². The van der Waals surface area contributed by atoms with E-state index in [4.69, 9.17) is 0 Å². The number of benzene rings is 1. The smallest absolute Gasteiger partial charge is 0.321 e. The van der Waals surface area contributed by atoms with Crippen molar-refractivity contribution in [1.29, 1.82) is 0 Å². The van der Waals surface area contributed by atoms with Gasteiger partial charge in [-0.15, -0.1) is 0 Å². The molecule has 3 amide bonds. The summed E-state index contributed by atoms with van der Waals surface area (Å²) >= 11 is 0. The number of urea groups is 1. The minimum atomic E-state index is -1.59. The van der Waals surface area contributed by atoms with Crippen LogP contribution in [0, 0.1) is 30.3 Å². The molecule has 1 fully saturated rings. The second kappa shape index (κ2) is 8.41. The molecule has 1 atom stereocenters. The number of rotatable bonds is 4. The lowest BCUT2D eigenvalue weighted by molar-refractivity contribution is -0.118. The van der Waals surface area contributed by atoms with Gasteiger partial charge in [-0.05, 0) is 12.8 Å². The maximum absolute atomic E-state index is 13.3. The molecule has 0 spiro atoms. The fourth-order valence-electron chi connectivity index (χ4n) is 4.03. The zero-order chi connectivity index (χ0) is 24.0. The third-order valence-electron chi connectivity index (χ3n) is 5.71. The molecule has 2 aliphatic rings. The van der Waals surface area contributed by atoms with Gasteiger partial charge in [0, 0.05) is 38.0 Å². The van der Waals surface area contributed by atoms with Crippen LogP contribution in [0.25, 0.3) is 0 Å². The number of fused-ring (bicyclic) bond motifs is 1. The predicted molar refractivity (Wildman–Crippen MR) is 117 cm³/mol. The SMILES string of the molecule is Cc1nc(NC2CN(C(=O)Nc3cc(F)c(F)c(F)c3)C2)nc2c1NC(=O)[C@H](C(C)C)N2C. The molecule has 1 saturated heterocycles. The van der Waals surface area contributed by atoms with Gasteiger partial charge in [0.15, 0.2) is 23.3 Å². The summed E-state index contributed by atoms with van der Waals surface area (Å²) in [5, 5.41) is 8.40. The number of carbonyl (C=O) groups is 2. The number of likely N-dealkylation sites (tertiary alicyclic amines) is 1. The number of hydrogen-bond acceptors (Lipinski definition) is 6. The Morgan fingerprint density at radius 3 is 2.42 bits per heavy atom. The average molecular weight is 463 g/mol. The Labute approximate surface area is 188 Å². The van der Waals surface area contributed by atoms with E-state index >= 15 is 0 Å². The van der Waals surface area contributed by atoms with Gasteiger partial charge in [0.25, 0.3) is 0 Å². The van der Waals surface area contributed by atoms with E-state index in [1.807, 2.05) is 25.8 Å². The summed E-state index contributed by atoms with van der Waals surface area (Å²) in [5.74, 6) is -3.40. The second-order valence-electron chi connectivity index (χ2n) is 8.55. The van der Waals surface area contributed by atoms with Crippen molar-refractivity contribution >= 4 is 35.1 Å². The first-order valence-electron chi connectivity index (χ1n) is 10.4. The molecule has 12 heteroatoms. The maximum Gasteiger partial charge on any atom is 0.321 e. The topological polar surface area (TPSA) is 102 Å². The average Bonchev–Trinajstić information content (AvgIpc) is 2.69. The molecule has 0 radical (unpaired) electrons. The third-order valence-corrected chi connectivity index (χ3v) is 5.71. The van der Waals surface area contributed by atoms with Gasteiger partial charge >= 0.3 is 6.03 Å². The molecule has 0 aliphatic carbocycles. The number of amides is 3. The molecule has 1 aromatic carbocycles. The van der Waals surface area contributed by atoms with E-state index < -0.39 is 23.5 Å². The number of halogens is 3. The summed E-state index contributed by atoms with van der Waals surface area (Å²) in [4.78, 5) is 37.0. The first-order chi connectivity index (χ1) is 15.5. The highest BCUT2D eigenvalue weighted by atomic mass is 19.2. The van der Waals surface area contributed by atoms with Crippen LogP contribution in [-0.2, 0) is 4.79 Å². The van der Waals surface area contributed by atoms with E-state index in [0.717, 1.165) is 12.1 Å². The zero-order valence-electron chi connectivity index (χ0n) is 18.5. The molecule has 2 aliphatic heterocycles. The van der Waals surface area contributed by atoms with Crippen LogP contribution < -0.4 is 20.9 Å². The number of anilines is 4. The molecule has 9 nitrogen and oxygen atoms in total. The third kappa shape index (κ3) is 4.24. The standard InChI is InChI=1S/C21H24F3N7O2/c1-9(2)17-19(32)28-16-10(3)25-20(29-18(16)30(17)4)26-12-7-31(8-12)21(33)27-11-5-13(22)15(24)14(23)6-11/h5-6,9,12,17H,7-8H2,1-4H3,(H,27,33)(H,28,32)(H,25,26,29)/t17-/m0/s1. The van der Waals surface area contributed by atoms with Crippen LogP contribution >= 0.6 is 0 Å². The lowest BCUT2D eigenvalue weighted by Crippen LogP contribution is -2.58. The van der Waals surface area contributed by atoms with E-state index in [1.54, 1.807) is 6.92 Å². The van der Waals surface area contributed by atoms with Gasteiger partial charge in [0.2, 0.25) is 11.9 Å². The molecule has 4 rings (SSSR count). The molecule has 176 valence electrons. The Hall–Kier alpha value is -3.57. The van der Waals surface area contributed by atoms with Crippen molar-refractivity contribution in [3.63, 3.8) is 0 Å². The molecule has 0 saturated carbocycles. The van der Waals surface area contributed by atoms with Gasteiger partial charge in [0.05, 0.1) is 11.7 Å². The van der Waals surface area contributed by atoms with Gasteiger partial charge in [-0.2, -0.15) is 4.98 Å². The molecule has 0 unspecified atom stereocenters. The minimum absolute atomic E-state index is 0.0802. The quantitative estimate of drug-likeness (QED) is 0.603. The first-order valence-corrected chi connectivity index (χ1v) is 10.4. The summed E-state index contributed by atoms with van der Waals surface area (Å²) in [6.07, 6.45) is 0. The first kappa shape index (κ1) is 22.6. The number of carbonyl (C=O) groups excluding carboxylic acids is 2. The number of nitrogens with one attached hydrogen (secondary N) is 3. The number of likely N-dealkylation sites (N-methyl/N-ethyl adjacent to an activating group) is 1. The molecule has 33 heavy (non-hydrogen) atoms. The Balaban J connectivity index is 1.39. The van der Waals surface area contributed by atoms with Crippen molar-refractivity contribution in [2.24, 2.45) is 5.92 Å². The number of aromatic nitrogens is 2. The summed E-state index contributed by atoms with van der Waals surface area (Å²) in [7, 11) is 1.81. The highest BCUT2D eigenvalue weighted by Gasteiger charge is 2.36. The van der Waals surface area contributed by atoms with E-state index in [2.05, 4.69) is 25.9 Å². The van der Waals surface area contributed by atoms with Crippen LogP contribution in [0.15, 0.2) is 12.1 Å². The van der Waals surface area contributed by atoms with Crippen molar-refractivity contribution in [2.45, 2.75) is 32.9 Å². The van der Waals surface area contributed by atoms with E-state index in [1.165, 1.54) is 4.90 Å². The van der Waals surface area contributed by atoms with Crippen molar-refractivity contribution in [3.8, 4) is 0 Å². The maximum atomic E-state index is 13.3. The van der Waals surface area contributed by atoms with Crippen LogP contribution in [0.4, 0.5) is 41.1 Å². The Morgan fingerprint density at radius 1 is 1.18 bits per heavy atom. The molecule has 3 N–H and O–H groups in total. The molecular weight excluding hydrogens is 439 g/mol. The van der Waals surface area contributed by atoms with Crippen LogP contribution in [0.3, 0.4) is 0 Å². The van der Waals surface area contributed by atoms with Gasteiger partial charge < -0.3 is 25.8 Å². The number of nitrogens with zero attached hydrogens (tertiary/aromatic N) is 4. The van der Waals surface area contributed by atoms with Crippen molar-refractivity contribution in [2.75, 3.05) is 41.0 Å². The number of aryl methyl sites for hydroxylation is 1. The highest BCUT2D eigenvalue weighted by molar-refractivity contribution is 6.03. The zero-order valence-corrected chi connectivity index (χ0v) is 18.5. The van der Waals surface area contributed by atoms with E-state index in [9.17, 15) is 22.8 Å². The molecule has 3 heterocycles. The Bertz CT molecular complexity index is 1100. The molecule has 0 bridgehead atoms. The summed E-state index contributed by atoms with van der Waals surface area (Å²) < 4.78 is 39.7. The van der Waals surface area contributed by atoms with Crippen molar-refractivity contribution in [1.82, 2.24) is 14.9 Å². The normalized spacial score (nSPS) is 18.1. The lowest BCUT2D eigenvalue weighted by atomic mass is 9.99. The summed E-state index contributed by atoms with van der Waals surface area (Å²) in [6, 6.07) is 0.371.